The lowest BCUT2D eigenvalue weighted by atomic mass is 10.1. The van der Waals surface area contributed by atoms with Gasteiger partial charge in [-0.05, 0) is 34.7 Å². The first-order valence-corrected chi connectivity index (χ1v) is 6.94. The van der Waals surface area contributed by atoms with E-state index in [-0.39, 0.29) is 11.1 Å². The van der Waals surface area contributed by atoms with Crippen molar-refractivity contribution in [2.75, 3.05) is 6.61 Å². The number of ketones is 1. The molecule has 3 rings (SSSR count). The number of hydrogen-bond acceptors (Lipinski definition) is 6. The van der Waals surface area contributed by atoms with Gasteiger partial charge in [0.1, 0.15) is 12.1 Å². The lowest BCUT2D eigenvalue weighted by molar-refractivity contribution is 0.0473. The Labute approximate surface area is 135 Å². The molecular weight excluding hydrogens is 315 g/mol. The fourth-order valence-corrected chi connectivity index (χ4v) is 2.09. The minimum Gasteiger partial charge on any atom is -0.454 e. The molecule has 0 N–H and O–H groups in total. The van der Waals surface area contributed by atoms with Crippen molar-refractivity contribution in [3.8, 4) is 5.69 Å². The van der Waals surface area contributed by atoms with Crippen molar-refractivity contribution in [1.82, 2.24) is 20.2 Å². The number of ether oxygens (including phenoxy) is 1. The number of carbonyl (C=O) groups is 2. The topological polar surface area (TPSA) is 87.0 Å². The maximum Gasteiger partial charge on any atom is 0.340 e. The van der Waals surface area contributed by atoms with Gasteiger partial charge in [0.15, 0.2) is 6.61 Å². The molecule has 0 saturated carbocycles. The first kappa shape index (κ1) is 15.5. The van der Waals surface area contributed by atoms with E-state index in [1.165, 1.54) is 41.3 Å². The Morgan fingerprint density at radius 2 is 1.75 bits per heavy atom. The summed E-state index contributed by atoms with van der Waals surface area (Å²) in [5.41, 5.74) is 0.469. The summed E-state index contributed by atoms with van der Waals surface area (Å²) >= 11 is 0. The van der Waals surface area contributed by atoms with Crippen LogP contribution in [0.2, 0.25) is 0 Å². The first-order valence-electron chi connectivity index (χ1n) is 6.94. The van der Waals surface area contributed by atoms with Gasteiger partial charge in [0.05, 0.1) is 16.8 Å². The summed E-state index contributed by atoms with van der Waals surface area (Å²) in [5.74, 6) is -2.01. The van der Waals surface area contributed by atoms with E-state index in [0.29, 0.717) is 5.69 Å². The molecule has 3 aromatic rings. The van der Waals surface area contributed by atoms with E-state index in [0.717, 1.165) is 0 Å². The zero-order valence-electron chi connectivity index (χ0n) is 12.3. The molecule has 24 heavy (non-hydrogen) atoms. The molecule has 0 saturated heterocycles. The minimum absolute atomic E-state index is 0.126. The van der Waals surface area contributed by atoms with Crippen LogP contribution in [0.5, 0.6) is 0 Å². The second-order valence-electron chi connectivity index (χ2n) is 4.75. The number of para-hydroxylation sites is 1. The summed E-state index contributed by atoms with van der Waals surface area (Å²) in [6, 6.07) is 12.0. The second kappa shape index (κ2) is 6.78. The Bertz CT molecular complexity index is 881. The van der Waals surface area contributed by atoms with E-state index in [2.05, 4.69) is 15.5 Å². The van der Waals surface area contributed by atoms with Gasteiger partial charge in [-0.2, -0.15) is 4.68 Å². The molecule has 0 atom stereocenters. The highest BCUT2D eigenvalue weighted by Gasteiger charge is 2.18. The van der Waals surface area contributed by atoms with Crippen LogP contribution in [0.3, 0.4) is 0 Å². The van der Waals surface area contributed by atoms with Crippen molar-refractivity contribution < 1.29 is 18.7 Å². The molecule has 0 unspecified atom stereocenters. The minimum atomic E-state index is -0.731. The van der Waals surface area contributed by atoms with E-state index in [1.807, 2.05) is 0 Å². The van der Waals surface area contributed by atoms with Crippen LogP contribution in [0, 0.1) is 5.82 Å². The maximum absolute atomic E-state index is 13.6. The number of benzene rings is 2. The van der Waals surface area contributed by atoms with Gasteiger partial charge >= 0.3 is 5.97 Å². The van der Waals surface area contributed by atoms with Gasteiger partial charge in [-0.3, -0.25) is 4.79 Å². The molecule has 0 amide bonds. The number of Topliss-reactive ketones (excluding diaryl/α,β-unsaturated/α-hetero) is 1. The van der Waals surface area contributed by atoms with Crippen molar-refractivity contribution in [3.05, 3.63) is 71.8 Å². The first-order chi connectivity index (χ1) is 11.7. The van der Waals surface area contributed by atoms with Gasteiger partial charge in [-0.25, -0.2) is 9.18 Å². The number of aromatic nitrogens is 4. The van der Waals surface area contributed by atoms with Gasteiger partial charge in [-0.1, -0.05) is 24.3 Å². The standard InChI is InChI=1S/C16H11FN4O3/c17-13-7-3-1-5-11(13)15(22)9-24-16(23)12-6-2-4-8-14(12)21-10-18-19-20-21/h1-8,10H,9H2. The Kier molecular flexibility index (Phi) is 4.37. The summed E-state index contributed by atoms with van der Waals surface area (Å²) in [6.45, 7) is -0.566. The average Bonchev–Trinajstić information content (AvgIpc) is 3.14. The SMILES string of the molecule is O=C(COC(=O)c1ccccc1-n1cnnn1)c1ccccc1F. The highest BCUT2D eigenvalue weighted by Crippen LogP contribution is 2.14. The average molecular weight is 326 g/mol. The molecule has 8 heteroatoms. The van der Waals surface area contributed by atoms with E-state index >= 15 is 0 Å². The van der Waals surface area contributed by atoms with E-state index in [1.54, 1.807) is 18.2 Å². The molecule has 0 bridgehead atoms. The van der Waals surface area contributed by atoms with Gasteiger partial charge in [0.25, 0.3) is 0 Å². The van der Waals surface area contributed by atoms with E-state index in [4.69, 9.17) is 4.74 Å². The lowest BCUT2D eigenvalue weighted by Crippen LogP contribution is -2.17. The summed E-state index contributed by atoms with van der Waals surface area (Å²) < 4.78 is 19.9. The van der Waals surface area contributed by atoms with E-state index < -0.39 is 24.2 Å². The third-order valence-electron chi connectivity index (χ3n) is 3.23. The Morgan fingerprint density at radius 3 is 2.46 bits per heavy atom. The highest BCUT2D eigenvalue weighted by atomic mass is 19.1. The van der Waals surface area contributed by atoms with Crippen molar-refractivity contribution in [3.63, 3.8) is 0 Å². The van der Waals surface area contributed by atoms with Gasteiger partial charge < -0.3 is 4.74 Å². The predicted octanol–water partition coefficient (Wildman–Crippen LogP) is 1.84. The molecule has 0 radical (unpaired) electrons. The smallest absolute Gasteiger partial charge is 0.340 e. The van der Waals surface area contributed by atoms with Crippen LogP contribution >= 0.6 is 0 Å². The Balaban J connectivity index is 1.75. The van der Waals surface area contributed by atoms with Crippen molar-refractivity contribution in [2.24, 2.45) is 0 Å². The van der Waals surface area contributed by atoms with Gasteiger partial charge in [-0.15, -0.1) is 5.10 Å². The summed E-state index contributed by atoms with van der Waals surface area (Å²) in [6.07, 6.45) is 1.33. The molecule has 0 aliphatic carbocycles. The lowest BCUT2D eigenvalue weighted by Gasteiger charge is -2.08. The summed E-state index contributed by atoms with van der Waals surface area (Å²) in [5, 5.41) is 10.7. The molecule has 0 aliphatic rings. The van der Waals surface area contributed by atoms with Crippen molar-refractivity contribution in [1.29, 1.82) is 0 Å². The number of hydrogen-bond donors (Lipinski definition) is 0. The van der Waals surface area contributed by atoms with Crippen LogP contribution in [0.25, 0.3) is 5.69 Å². The summed E-state index contributed by atoms with van der Waals surface area (Å²) in [4.78, 5) is 24.2. The predicted molar refractivity (Wildman–Crippen MR) is 80.2 cm³/mol. The zero-order chi connectivity index (χ0) is 16.9. The normalized spacial score (nSPS) is 10.4. The second-order valence-corrected chi connectivity index (χ2v) is 4.75. The largest absolute Gasteiger partial charge is 0.454 e. The van der Waals surface area contributed by atoms with E-state index in [9.17, 15) is 14.0 Å². The van der Waals surface area contributed by atoms with Crippen molar-refractivity contribution in [2.45, 2.75) is 0 Å². The molecular formula is C16H11FN4O3. The molecule has 0 spiro atoms. The van der Waals surface area contributed by atoms with Gasteiger partial charge in [0.2, 0.25) is 5.78 Å². The van der Waals surface area contributed by atoms with Crippen LogP contribution in [0.4, 0.5) is 4.39 Å². The number of tetrazole rings is 1. The van der Waals surface area contributed by atoms with Crippen LogP contribution in [0.15, 0.2) is 54.9 Å². The number of nitrogens with zero attached hydrogens (tertiary/aromatic N) is 4. The third kappa shape index (κ3) is 3.17. The quantitative estimate of drug-likeness (QED) is 0.525. The number of rotatable bonds is 5. The van der Waals surface area contributed by atoms with Crippen LogP contribution in [-0.2, 0) is 4.74 Å². The van der Waals surface area contributed by atoms with Crippen LogP contribution < -0.4 is 0 Å². The van der Waals surface area contributed by atoms with Crippen LogP contribution in [-0.4, -0.2) is 38.6 Å². The maximum atomic E-state index is 13.6. The summed E-state index contributed by atoms with van der Waals surface area (Å²) in [7, 11) is 0. The molecule has 1 heterocycles. The number of halogens is 1. The van der Waals surface area contributed by atoms with Crippen LogP contribution in [0.1, 0.15) is 20.7 Å². The molecule has 120 valence electrons. The Morgan fingerprint density at radius 1 is 1.04 bits per heavy atom. The third-order valence-corrected chi connectivity index (χ3v) is 3.23. The fraction of sp³-hybridized carbons (Fsp3) is 0.0625. The molecule has 2 aromatic carbocycles. The fourth-order valence-electron chi connectivity index (χ4n) is 2.09. The molecule has 7 nitrogen and oxygen atoms in total. The zero-order valence-corrected chi connectivity index (χ0v) is 12.3. The Hall–Kier alpha value is -3.42. The molecule has 1 aromatic heterocycles. The number of carbonyl (C=O) groups excluding carboxylic acids is 2. The van der Waals surface area contributed by atoms with Gasteiger partial charge in [0, 0.05) is 0 Å². The highest BCUT2D eigenvalue weighted by molar-refractivity contribution is 6.00. The molecule has 0 aliphatic heterocycles. The molecule has 0 fully saturated rings. The number of esters is 1. The monoisotopic (exact) mass is 326 g/mol. The van der Waals surface area contributed by atoms with Crippen molar-refractivity contribution >= 4 is 11.8 Å².